The van der Waals surface area contributed by atoms with Gasteiger partial charge in [0.2, 0.25) is 10.0 Å². The Kier molecular flexibility index (Phi) is 7.01. The topological polar surface area (TPSA) is 147 Å². The highest BCUT2D eigenvalue weighted by Crippen LogP contribution is 2.01. The number of carbonyl (C=O) groups excluding carboxylic acids is 1. The van der Waals surface area contributed by atoms with Crippen LogP contribution in [0.2, 0.25) is 0 Å². The molecule has 3 N–H and O–H groups in total. The molecule has 0 heterocycles. The van der Waals surface area contributed by atoms with Crippen LogP contribution in [0.15, 0.2) is 0 Å². The van der Waals surface area contributed by atoms with Crippen LogP contribution in [0.3, 0.4) is 0 Å². The smallest absolute Gasteiger partial charge is 0.322 e. The minimum Gasteiger partial charge on any atom is -0.481 e. The highest BCUT2D eigenvalue weighted by molar-refractivity contribution is 7.90. The molecule has 0 spiro atoms. The Bertz CT molecular complexity index is 443. The van der Waals surface area contributed by atoms with Gasteiger partial charge >= 0.3 is 17.9 Å². The summed E-state index contributed by atoms with van der Waals surface area (Å²) in [5.74, 6) is -4.81. The molecule has 0 aromatic heterocycles. The van der Waals surface area contributed by atoms with E-state index in [1.165, 1.54) is 6.92 Å². The monoisotopic (exact) mass is 297 g/mol. The molecule has 0 aliphatic rings. The molecule has 0 radical (unpaired) electrons. The Morgan fingerprint density at radius 1 is 1.26 bits per heavy atom. The number of aliphatic carboxylic acids is 2. The molecule has 0 aromatic rings. The maximum Gasteiger partial charge on any atom is 0.322 e. The van der Waals surface area contributed by atoms with Gasteiger partial charge in [0.05, 0.1) is 6.61 Å². The molecule has 0 bridgehead atoms. The second-order valence-corrected chi connectivity index (χ2v) is 5.26. The van der Waals surface area contributed by atoms with E-state index in [0.29, 0.717) is 0 Å². The minimum absolute atomic E-state index is 0.00424. The van der Waals surface area contributed by atoms with Gasteiger partial charge in [-0.3, -0.25) is 14.4 Å². The molecule has 19 heavy (non-hydrogen) atoms. The van der Waals surface area contributed by atoms with E-state index in [1.54, 1.807) is 4.72 Å². The van der Waals surface area contributed by atoms with Gasteiger partial charge < -0.3 is 14.9 Å². The second-order valence-electron chi connectivity index (χ2n) is 3.51. The number of nitrogens with one attached hydrogen (secondary N) is 1. The summed E-state index contributed by atoms with van der Waals surface area (Å²) < 4.78 is 29.1. The fourth-order valence-electron chi connectivity index (χ4n) is 1.12. The molecule has 10 heteroatoms. The molecule has 0 aliphatic heterocycles. The third kappa shape index (κ3) is 8.11. The zero-order chi connectivity index (χ0) is 15.1. The van der Waals surface area contributed by atoms with Crippen LogP contribution in [0.25, 0.3) is 0 Å². The number of sulfonamides is 1. The minimum atomic E-state index is -4.19. The summed E-state index contributed by atoms with van der Waals surface area (Å²) in [7, 11) is -4.19. The normalized spacial score (nSPS) is 12.7. The predicted octanol–water partition coefficient (Wildman–Crippen LogP) is -1.21. The van der Waals surface area contributed by atoms with Gasteiger partial charge in [-0.15, -0.1) is 0 Å². The quantitative estimate of drug-likeness (QED) is 0.449. The molecule has 0 fully saturated rings. The molecule has 0 aliphatic carbocycles. The summed E-state index contributed by atoms with van der Waals surface area (Å²) in [5, 5.41) is 17.2. The summed E-state index contributed by atoms with van der Waals surface area (Å²) >= 11 is 0. The molecular weight excluding hydrogens is 282 g/mol. The van der Waals surface area contributed by atoms with E-state index in [4.69, 9.17) is 10.2 Å². The van der Waals surface area contributed by atoms with Crippen molar-refractivity contribution in [3.05, 3.63) is 0 Å². The highest BCUT2D eigenvalue weighted by Gasteiger charge is 2.26. The molecule has 110 valence electrons. The van der Waals surface area contributed by atoms with Crippen LogP contribution in [-0.4, -0.2) is 54.9 Å². The molecule has 0 rings (SSSR count). The number of rotatable bonds is 9. The maximum absolute atomic E-state index is 11.5. The van der Waals surface area contributed by atoms with E-state index in [1.807, 2.05) is 0 Å². The van der Waals surface area contributed by atoms with Gasteiger partial charge in [-0.2, -0.15) is 0 Å². The van der Waals surface area contributed by atoms with Crippen LogP contribution in [-0.2, 0) is 29.1 Å². The summed E-state index contributed by atoms with van der Waals surface area (Å²) in [6.45, 7) is 1.49. The van der Waals surface area contributed by atoms with Crippen LogP contribution in [0, 0.1) is 0 Å². The first-order chi connectivity index (χ1) is 8.68. The van der Waals surface area contributed by atoms with Crippen LogP contribution in [0.1, 0.15) is 19.8 Å². The lowest BCUT2D eigenvalue weighted by Gasteiger charge is -2.13. The van der Waals surface area contributed by atoms with Crippen molar-refractivity contribution in [2.45, 2.75) is 25.8 Å². The van der Waals surface area contributed by atoms with Crippen molar-refractivity contribution in [3.8, 4) is 0 Å². The Morgan fingerprint density at radius 2 is 1.84 bits per heavy atom. The van der Waals surface area contributed by atoms with Crippen molar-refractivity contribution in [1.82, 2.24) is 4.72 Å². The number of carboxylic acid groups (broad SMARTS) is 2. The number of hydrogen-bond donors (Lipinski definition) is 3. The van der Waals surface area contributed by atoms with E-state index in [0.717, 1.165) is 0 Å². The van der Waals surface area contributed by atoms with Crippen LogP contribution in [0.5, 0.6) is 0 Å². The first-order valence-corrected chi connectivity index (χ1v) is 6.93. The van der Waals surface area contributed by atoms with Crippen LogP contribution in [0.4, 0.5) is 0 Å². The largest absolute Gasteiger partial charge is 0.481 e. The van der Waals surface area contributed by atoms with Crippen molar-refractivity contribution >= 4 is 27.9 Å². The fraction of sp³-hybridized carbons (Fsp3) is 0.667. The van der Waals surface area contributed by atoms with Gasteiger partial charge in [0, 0.05) is 6.42 Å². The lowest BCUT2D eigenvalue weighted by atomic mass is 10.2. The Labute approximate surface area is 109 Å². The number of carbonyl (C=O) groups is 3. The van der Waals surface area contributed by atoms with Crippen molar-refractivity contribution in [3.63, 3.8) is 0 Å². The number of hydrogen-bond acceptors (Lipinski definition) is 6. The molecule has 1 unspecified atom stereocenters. The first kappa shape index (κ1) is 17.3. The highest BCUT2D eigenvalue weighted by atomic mass is 32.2. The van der Waals surface area contributed by atoms with Crippen LogP contribution >= 0.6 is 0 Å². The number of ether oxygens (including phenoxy) is 1. The van der Waals surface area contributed by atoms with Gasteiger partial charge in [0.1, 0.15) is 6.04 Å². The van der Waals surface area contributed by atoms with E-state index in [-0.39, 0.29) is 6.61 Å². The Balaban J connectivity index is 4.60. The van der Waals surface area contributed by atoms with Crippen LogP contribution < -0.4 is 4.72 Å². The third-order valence-corrected chi connectivity index (χ3v) is 3.14. The lowest BCUT2D eigenvalue weighted by Crippen LogP contribution is -2.43. The molecule has 0 amide bonds. The molecule has 0 saturated heterocycles. The van der Waals surface area contributed by atoms with E-state index in [2.05, 4.69) is 4.74 Å². The Hall–Kier alpha value is -1.68. The van der Waals surface area contributed by atoms with Crippen molar-refractivity contribution in [2.75, 3.05) is 12.4 Å². The first-order valence-electron chi connectivity index (χ1n) is 5.28. The van der Waals surface area contributed by atoms with Gasteiger partial charge in [0.15, 0.2) is 5.75 Å². The van der Waals surface area contributed by atoms with E-state index in [9.17, 15) is 22.8 Å². The molecule has 1 atom stereocenters. The third-order valence-electron chi connectivity index (χ3n) is 1.88. The lowest BCUT2D eigenvalue weighted by molar-refractivity contribution is -0.141. The number of carboxylic acids is 2. The average Bonchev–Trinajstić information content (AvgIpc) is 2.22. The molecule has 0 saturated carbocycles. The van der Waals surface area contributed by atoms with E-state index >= 15 is 0 Å². The summed E-state index contributed by atoms with van der Waals surface area (Å²) in [6.07, 6.45) is -0.939. The molecule has 9 nitrogen and oxygen atoms in total. The molecular formula is C9H15NO8S. The zero-order valence-corrected chi connectivity index (χ0v) is 11.0. The average molecular weight is 297 g/mol. The van der Waals surface area contributed by atoms with Crippen molar-refractivity contribution in [2.24, 2.45) is 0 Å². The zero-order valence-electron chi connectivity index (χ0n) is 10.2. The van der Waals surface area contributed by atoms with Gasteiger partial charge in [0.25, 0.3) is 0 Å². The predicted molar refractivity (Wildman–Crippen MR) is 61.8 cm³/mol. The second kappa shape index (κ2) is 7.69. The summed E-state index contributed by atoms with van der Waals surface area (Å²) in [5.41, 5.74) is 0. The standard InChI is InChI=1S/C9H15NO8S/c1-2-18-8(13)5-19(16,17)10-6(9(14)15)3-4-7(11)12/h6,10H,2-5H2,1H3,(H,11,12)(H,14,15). The van der Waals surface area contributed by atoms with E-state index < -0.39 is 52.6 Å². The fourth-order valence-corrected chi connectivity index (χ4v) is 2.25. The van der Waals surface area contributed by atoms with Gasteiger partial charge in [-0.05, 0) is 13.3 Å². The SMILES string of the molecule is CCOC(=O)CS(=O)(=O)NC(CCC(=O)O)C(=O)O. The van der Waals surface area contributed by atoms with Crippen molar-refractivity contribution in [1.29, 1.82) is 0 Å². The summed E-state index contributed by atoms with van der Waals surface area (Å²) in [6, 6.07) is -1.60. The maximum atomic E-state index is 11.5. The summed E-state index contributed by atoms with van der Waals surface area (Å²) in [4.78, 5) is 32.1. The van der Waals surface area contributed by atoms with Gasteiger partial charge in [-0.25, -0.2) is 13.1 Å². The van der Waals surface area contributed by atoms with Gasteiger partial charge in [-0.1, -0.05) is 0 Å². The number of esters is 1. The molecule has 0 aromatic carbocycles. The van der Waals surface area contributed by atoms with Crippen molar-refractivity contribution < 1.29 is 37.8 Å². The Morgan fingerprint density at radius 3 is 2.26 bits per heavy atom.